The van der Waals surface area contributed by atoms with Crippen molar-refractivity contribution < 1.29 is 13.7 Å². The van der Waals surface area contributed by atoms with Crippen molar-refractivity contribution in [3.05, 3.63) is 23.8 Å². The molecule has 1 atom stereocenters. The summed E-state index contributed by atoms with van der Waals surface area (Å²) in [7, 11) is 0.233. The van der Waals surface area contributed by atoms with Gasteiger partial charge in [0, 0.05) is 11.3 Å². The number of Topliss-reactive ketones (excluding diaryl/α,β-unsaturated/α-hetero) is 1. The van der Waals surface area contributed by atoms with Crippen molar-refractivity contribution in [2.45, 2.75) is 32.1 Å². The summed E-state index contributed by atoms with van der Waals surface area (Å²) < 4.78 is 17.5. The van der Waals surface area contributed by atoms with E-state index in [-0.39, 0.29) is 5.78 Å². The number of carbonyl (C=O) groups excluding carboxylic acids is 1. The average Bonchev–Trinajstić information content (AvgIpc) is 2.44. The summed E-state index contributed by atoms with van der Waals surface area (Å²) in [6.45, 7) is 5.11. The van der Waals surface area contributed by atoms with E-state index in [9.17, 15) is 9.00 Å². The Hall–Kier alpha value is -1.67. The number of nitrogens with zero attached hydrogens (tertiary/aromatic N) is 1. The molecule has 5 heteroatoms. The van der Waals surface area contributed by atoms with E-state index in [1.165, 1.54) is 14.0 Å². The van der Waals surface area contributed by atoms with Crippen LogP contribution in [0.1, 0.15) is 37.6 Å². The lowest BCUT2D eigenvalue weighted by Gasteiger charge is -2.15. The summed E-state index contributed by atoms with van der Waals surface area (Å²) in [6.07, 6.45) is 0.535. The van der Waals surface area contributed by atoms with Crippen molar-refractivity contribution in [2.75, 3.05) is 12.9 Å². The molecule has 0 heterocycles. The molecule has 0 fully saturated rings. The van der Waals surface area contributed by atoms with E-state index in [2.05, 4.69) is 6.07 Å². The van der Waals surface area contributed by atoms with Crippen LogP contribution in [0.4, 0.5) is 0 Å². The van der Waals surface area contributed by atoms with Gasteiger partial charge in [0.25, 0.3) is 0 Å². The van der Waals surface area contributed by atoms with Gasteiger partial charge < -0.3 is 4.74 Å². The lowest BCUT2D eigenvalue weighted by Crippen LogP contribution is -2.13. The minimum Gasteiger partial charge on any atom is -0.495 e. The van der Waals surface area contributed by atoms with E-state index in [0.717, 1.165) is 0 Å². The number of hydrogen-bond acceptors (Lipinski definition) is 4. The van der Waals surface area contributed by atoms with Crippen molar-refractivity contribution in [3.8, 4) is 11.8 Å². The highest BCUT2D eigenvalue weighted by Gasteiger charge is 2.20. The fourth-order valence-corrected chi connectivity index (χ4v) is 3.09. The van der Waals surface area contributed by atoms with Gasteiger partial charge >= 0.3 is 0 Å². The van der Waals surface area contributed by atoms with Crippen LogP contribution in [0.5, 0.6) is 5.75 Å². The molecule has 108 valence electrons. The average molecular weight is 293 g/mol. The second-order valence-electron chi connectivity index (χ2n) is 5.22. The molecular weight excluding hydrogens is 274 g/mol. The Morgan fingerprint density at radius 3 is 2.60 bits per heavy atom. The fourth-order valence-electron chi connectivity index (χ4n) is 1.59. The van der Waals surface area contributed by atoms with Crippen LogP contribution in [0, 0.1) is 16.7 Å². The van der Waals surface area contributed by atoms with Crippen LogP contribution in [0.2, 0.25) is 0 Å². The molecular formula is C15H19NO3S. The smallest absolute Gasteiger partial charge is 0.159 e. The summed E-state index contributed by atoms with van der Waals surface area (Å²) in [5, 5.41) is 8.96. The first-order valence-electron chi connectivity index (χ1n) is 6.29. The number of nitriles is 1. The van der Waals surface area contributed by atoms with Gasteiger partial charge in [-0.1, -0.05) is 0 Å². The Kier molecular flexibility index (Phi) is 5.46. The third-order valence-corrected chi connectivity index (χ3v) is 4.43. The summed E-state index contributed by atoms with van der Waals surface area (Å²) in [5.41, 5.74) is 0.0299. The molecule has 4 nitrogen and oxygen atoms in total. The Morgan fingerprint density at radius 2 is 2.10 bits per heavy atom. The predicted molar refractivity (Wildman–Crippen MR) is 78.3 cm³/mol. The second-order valence-corrected chi connectivity index (χ2v) is 6.76. The Balaban J connectivity index is 2.94. The summed E-state index contributed by atoms with van der Waals surface area (Å²) in [6, 6.07) is 7.10. The number of carbonyl (C=O) groups is 1. The Morgan fingerprint density at radius 1 is 1.45 bits per heavy atom. The number of ketones is 1. The number of hydrogen-bond donors (Lipinski definition) is 0. The van der Waals surface area contributed by atoms with Gasteiger partial charge in [0.05, 0.1) is 34.3 Å². The number of ether oxygens (including phenoxy) is 1. The van der Waals surface area contributed by atoms with E-state index < -0.39 is 16.2 Å². The van der Waals surface area contributed by atoms with Crippen LogP contribution >= 0.6 is 0 Å². The van der Waals surface area contributed by atoms with Crippen LogP contribution in [0.25, 0.3) is 0 Å². The maximum Gasteiger partial charge on any atom is 0.159 e. The van der Waals surface area contributed by atoms with E-state index >= 15 is 0 Å². The summed E-state index contributed by atoms with van der Waals surface area (Å²) in [5.74, 6) is 0.771. The van der Waals surface area contributed by atoms with Crippen molar-refractivity contribution in [2.24, 2.45) is 5.41 Å². The fraction of sp³-hybridized carbons (Fsp3) is 0.467. The zero-order valence-electron chi connectivity index (χ0n) is 12.2. The molecule has 0 bridgehead atoms. The Bertz CT molecular complexity index is 573. The second kappa shape index (κ2) is 6.67. The molecule has 0 aliphatic rings. The van der Waals surface area contributed by atoms with E-state index in [4.69, 9.17) is 10.00 Å². The molecule has 0 saturated carbocycles. The van der Waals surface area contributed by atoms with Gasteiger partial charge in [-0.3, -0.25) is 9.00 Å². The first-order chi connectivity index (χ1) is 9.30. The highest BCUT2D eigenvalue weighted by atomic mass is 32.2. The van der Waals surface area contributed by atoms with Crippen molar-refractivity contribution in [1.82, 2.24) is 0 Å². The topological polar surface area (TPSA) is 67.2 Å². The highest BCUT2D eigenvalue weighted by Crippen LogP contribution is 2.26. The molecule has 20 heavy (non-hydrogen) atoms. The van der Waals surface area contributed by atoms with Gasteiger partial charge in [-0.15, -0.1) is 0 Å². The molecule has 0 radical (unpaired) electrons. The van der Waals surface area contributed by atoms with Gasteiger partial charge in [0.15, 0.2) is 5.78 Å². The minimum atomic E-state index is -1.25. The van der Waals surface area contributed by atoms with E-state index in [1.807, 2.05) is 13.8 Å². The summed E-state index contributed by atoms with van der Waals surface area (Å²) >= 11 is 0. The first kappa shape index (κ1) is 16.4. The largest absolute Gasteiger partial charge is 0.495 e. The zero-order valence-corrected chi connectivity index (χ0v) is 13.0. The maximum atomic E-state index is 12.3. The lowest BCUT2D eigenvalue weighted by atomic mass is 9.93. The van der Waals surface area contributed by atoms with Gasteiger partial charge in [-0.2, -0.15) is 5.26 Å². The SMILES string of the molecule is COc1cc(C(C)=O)ccc1[S@](=O)CCC(C)(C)C#N. The molecule has 0 spiro atoms. The molecule has 0 unspecified atom stereocenters. The predicted octanol–water partition coefficient (Wildman–Crippen LogP) is 2.95. The lowest BCUT2D eigenvalue weighted by molar-refractivity contribution is 0.101. The van der Waals surface area contributed by atoms with Crippen LogP contribution in [-0.2, 0) is 10.8 Å². The van der Waals surface area contributed by atoms with Crippen molar-refractivity contribution in [3.63, 3.8) is 0 Å². The van der Waals surface area contributed by atoms with Gasteiger partial charge in [0.1, 0.15) is 5.75 Å². The third-order valence-electron chi connectivity index (χ3n) is 3.03. The molecule has 0 aromatic heterocycles. The molecule has 1 aromatic rings. The molecule has 0 saturated heterocycles. The van der Waals surface area contributed by atoms with Crippen molar-refractivity contribution >= 4 is 16.6 Å². The quantitative estimate of drug-likeness (QED) is 0.756. The molecule has 0 amide bonds. The highest BCUT2D eigenvalue weighted by molar-refractivity contribution is 7.85. The number of methoxy groups -OCH3 is 1. The van der Waals surface area contributed by atoms with Gasteiger partial charge in [-0.25, -0.2) is 0 Å². The van der Waals surface area contributed by atoms with Crippen LogP contribution in [0.15, 0.2) is 23.1 Å². The third kappa shape index (κ3) is 4.17. The molecule has 0 aliphatic carbocycles. The van der Waals surface area contributed by atoms with E-state index in [1.54, 1.807) is 18.2 Å². The van der Waals surface area contributed by atoms with Gasteiger partial charge in [-0.05, 0) is 45.4 Å². The Labute approximate surface area is 122 Å². The van der Waals surface area contributed by atoms with E-state index in [0.29, 0.717) is 28.4 Å². The molecule has 1 rings (SSSR count). The van der Waals surface area contributed by atoms with Crippen LogP contribution in [-0.4, -0.2) is 22.9 Å². The standard InChI is InChI=1S/C15H19NO3S/c1-11(17)12-5-6-14(13(9-12)19-4)20(18)8-7-15(2,3)10-16/h5-6,9H,7-8H2,1-4H3/t20-/m1/s1. The number of benzene rings is 1. The first-order valence-corrected chi connectivity index (χ1v) is 7.61. The summed E-state index contributed by atoms with van der Waals surface area (Å²) in [4.78, 5) is 11.9. The normalized spacial score (nSPS) is 12.6. The van der Waals surface area contributed by atoms with Crippen LogP contribution in [0.3, 0.4) is 0 Å². The maximum absolute atomic E-state index is 12.3. The monoisotopic (exact) mass is 293 g/mol. The number of rotatable bonds is 6. The molecule has 1 aromatic carbocycles. The zero-order chi connectivity index (χ0) is 15.3. The molecule has 0 aliphatic heterocycles. The van der Waals surface area contributed by atoms with Gasteiger partial charge in [0.2, 0.25) is 0 Å². The van der Waals surface area contributed by atoms with Crippen LogP contribution < -0.4 is 4.74 Å². The van der Waals surface area contributed by atoms with Crippen molar-refractivity contribution in [1.29, 1.82) is 5.26 Å². The molecule has 0 N–H and O–H groups in total. The minimum absolute atomic E-state index is 0.0637.